The molecule has 3 heteroatoms. The summed E-state index contributed by atoms with van der Waals surface area (Å²) in [4.78, 5) is 12.1. The average Bonchev–Trinajstić information content (AvgIpc) is 3.11. The number of hydrogen-bond donors (Lipinski definition) is 0. The van der Waals surface area contributed by atoms with Crippen molar-refractivity contribution >= 4 is 17.2 Å². The number of rotatable bonds is 10. The molecule has 0 saturated carbocycles. The van der Waals surface area contributed by atoms with Crippen LogP contribution in [-0.2, 0) is 18.4 Å². The summed E-state index contributed by atoms with van der Waals surface area (Å²) in [5, 5.41) is 1.03. The highest BCUT2D eigenvalue weighted by molar-refractivity contribution is 5.99. The minimum atomic E-state index is 0.174. The number of unbranched alkanes of at least 4 members (excludes halogenated alkanes) is 1. The van der Waals surface area contributed by atoms with Crippen molar-refractivity contribution in [1.29, 1.82) is 0 Å². The number of benzene rings is 3. The molecule has 0 aliphatic rings. The molecule has 0 unspecified atom stereocenters. The number of carbonyl (C=O) groups is 1. The lowest BCUT2D eigenvalue weighted by Crippen LogP contribution is -2.09. The van der Waals surface area contributed by atoms with Crippen molar-refractivity contribution in [3.8, 4) is 0 Å². The Kier molecular flexibility index (Phi) is 6.96. The lowest BCUT2D eigenvalue weighted by atomic mass is 9.88. The van der Waals surface area contributed by atoms with Gasteiger partial charge in [-0.05, 0) is 30.0 Å². The number of nitrogens with zero attached hydrogens (tertiary/aromatic N) is 1. The van der Waals surface area contributed by atoms with Crippen LogP contribution in [-0.4, -0.2) is 17.5 Å². The van der Waals surface area contributed by atoms with Crippen molar-refractivity contribution in [2.45, 2.75) is 31.8 Å². The highest BCUT2D eigenvalue weighted by Gasteiger charge is 2.23. The lowest BCUT2D eigenvalue weighted by Gasteiger charge is -2.20. The van der Waals surface area contributed by atoms with Crippen LogP contribution in [0.3, 0.4) is 0 Å². The molecule has 0 saturated heterocycles. The Morgan fingerprint density at radius 1 is 0.871 bits per heavy atom. The second-order valence-electron chi connectivity index (χ2n) is 7.99. The number of hydrogen-bond acceptors (Lipinski definition) is 2. The van der Waals surface area contributed by atoms with E-state index in [2.05, 4.69) is 54.1 Å². The number of aldehydes is 1. The fourth-order valence-electron chi connectivity index (χ4n) is 4.45. The monoisotopic (exact) mass is 411 g/mol. The second kappa shape index (κ2) is 10.2. The third-order valence-corrected chi connectivity index (χ3v) is 5.99. The first-order chi connectivity index (χ1) is 15.3. The van der Waals surface area contributed by atoms with Crippen LogP contribution in [0.4, 0.5) is 0 Å². The zero-order valence-corrected chi connectivity index (χ0v) is 18.0. The van der Waals surface area contributed by atoms with E-state index in [4.69, 9.17) is 4.74 Å². The summed E-state index contributed by atoms with van der Waals surface area (Å²) in [6.45, 7) is 1.40. The number of carbonyl (C=O) groups excluding carboxylic acids is 1. The first-order valence-corrected chi connectivity index (χ1v) is 11.0. The van der Waals surface area contributed by atoms with E-state index in [0.717, 1.165) is 54.3 Å². The van der Waals surface area contributed by atoms with Crippen LogP contribution in [0, 0.1) is 0 Å². The average molecular weight is 412 g/mol. The Bertz CT molecular complexity index is 1120. The van der Waals surface area contributed by atoms with Crippen LogP contribution >= 0.6 is 0 Å². The van der Waals surface area contributed by atoms with Crippen molar-refractivity contribution in [2.75, 3.05) is 6.61 Å². The molecular formula is C28H29NO2. The molecule has 0 radical (unpaired) electrons. The molecule has 0 aliphatic heterocycles. The smallest absolute Gasteiger partial charge is 0.152 e. The zero-order chi connectivity index (χ0) is 21.5. The zero-order valence-electron chi connectivity index (χ0n) is 18.0. The minimum Gasteiger partial charge on any atom is -0.377 e. The highest BCUT2D eigenvalue weighted by atomic mass is 16.5. The normalized spacial score (nSPS) is 12.2. The maximum atomic E-state index is 12.1. The molecular weight excluding hydrogens is 382 g/mol. The van der Waals surface area contributed by atoms with Crippen molar-refractivity contribution in [2.24, 2.45) is 7.05 Å². The fraction of sp³-hybridized carbons (Fsp3) is 0.250. The van der Waals surface area contributed by atoms with E-state index in [1.54, 1.807) is 0 Å². The van der Waals surface area contributed by atoms with Gasteiger partial charge in [-0.1, -0.05) is 85.3 Å². The maximum Gasteiger partial charge on any atom is 0.152 e. The van der Waals surface area contributed by atoms with Crippen molar-refractivity contribution in [3.63, 3.8) is 0 Å². The van der Waals surface area contributed by atoms with Gasteiger partial charge >= 0.3 is 0 Å². The third kappa shape index (κ3) is 4.78. The van der Waals surface area contributed by atoms with Crippen LogP contribution in [0.15, 0.2) is 84.9 Å². The van der Waals surface area contributed by atoms with E-state index < -0.39 is 0 Å². The summed E-state index contributed by atoms with van der Waals surface area (Å²) in [6.07, 6.45) is 4.03. The van der Waals surface area contributed by atoms with Gasteiger partial charge in [0.25, 0.3) is 0 Å². The van der Waals surface area contributed by atoms with Gasteiger partial charge < -0.3 is 9.30 Å². The molecule has 3 aromatic carbocycles. The summed E-state index contributed by atoms with van der Waals surface area (Å²) >= 11 is 0. The summed E-state index contributed by atoms with van der Waals surface area (Å²) in [5.74, 6) is 0.174. The number of ether oxygens (including phenoxy) is 1. The molecule has 0 N–H and O–H groups in total. The molecule has 3 nitrogen and oxygen atoms in total. The van der Waals surface area contributed by atoms with Gasteiger partial charge in [0.2, 0.25) is 0 Å². The Morgan fingerprint density at radius 3 is 2.29 bits per heavy atom. The number of fused-ring (bicyclic) bond motifs is 1. The molecule has 4 rings (SSSR count). The van der Waals surface area contributed by atoms with Crippen molar-refractivity contribution in [3.05, 3.63) is 107 Å². The predicted molar refractivity (Wildman–Crippen MR) is 127 cm³/mol. The second-order valence-corrected chi connectivity index (χ2v) is 7.99. The van der Waals surface area contributed by atoms with Gasteiger partial charge in [-0.25, -0.2) is 0 Å². The summed E-state index contributed by atoms with van der Waals surface area (Å²) in [5.41, 5.74) is 5.48. The van der Waals surface area contributed by atoms with Gasteiger partial charge in [0.1, 0.15) is 0 Å². The first-order valence-electron chi connectivity index (χ1n) is 11.0. The molecule has 0 bridgehead atoms. The molecule has 31 heavy (non-hydrogen) atoms. The minimum absolute atomic E-state index is 0.174. The van der Waals surface area contributed by atoms with Gasteiger partial charge in [0, 0.05) is 41.7 Å². The molecule has 1 atom stereocenters. The van der Waals surface area contributed by atoms with E-state index in [0.29, 0.717) is 6.61 Å². The molecule has 0 amide bonds. The maximum absolute atomic E-state index is 12.1. The van der Waals surface area contributed by atoms with Gasteiger partial charge in [0.05, 0.1) is 6.61 Å². The number of aromatic nitrogens is 1. The topological polar surface area (TPSA) is 31.2 Å². The molecule has 4 aromatic rings. The largest absolute Gasteiger partial charge is 0.377 e. The predicted octanol–water partition coefficient (Wildman–Crippen LogP) is 6.51. The van der Waals surface area contributed by atoms with Crippen LogP contribution < -0.4 is 0 Å². The van der Waals surface area contributed by atoms with E-state index in [1.807, 2.05) is 42.5 Å². The Hall–Kier alpha value is -3.17. The van der Waals surface area contributed by atoms with Crippen LogP contribution in [0.5, 0.6) is 0 Å². The molecule has 158 valence electrons. The van der Waals surface area contributed by atoms with Gasteiger partial charge in [-0.2, -0.15) is 0 Å². The standard InChI is InChI=1S/C28H29NO2/c1-29-27-18-9-8-17-25(27)26(20-30)28(29)24(23-14-6-3-7-15-23)16-10-11-19-31-21-22-12-4-2-5-13-22/h2-9,12-15,17-18,20,24H,10-11,16,19,21H2,1H3/t24-/m0/s1. The molecule has 0 fully saturated rings. The summed E-state index contributed by atoms with van der Waals surface area (Å²) in [6, 6.07) is 29.0. The molecule has 1 heterocycles. The van der Waals surface area contributed by atoms with Crippen LogP contribution in [0.1, 0.15) is 52.4 Å². The van der Waals surface area contributed by atoms with E-state index in [-0.39, 0.29) is 5.92 Å². The van der Waals surface area contributed by atoms with E-state index in [9.17, 15) is 4.79 Å². The third-order valence-electron chi connectivity index (χ3n) is 5.99. The van der Waals surface area contributed by atoms with Crippen molar-refractivity contribution < 1.29 is 9.53 Å². The molecule has 0 spiro atoms. The van der Waals surface area contributed by atoms with Gasteiger partial charge in [-0.3, -0.25) is 4.79 Å². The summed E-state index contributed by atoms with van der Waals surface area (Å²) < 4.78 is 8.07. The Balaban J connectivity index is 1.49. The van der Waals surface area contributed by atoms with Crippen molar-refractivity contribution in [1.82, 2.24) is 4.57 Å². The highest BCUT2D eigenvalue weighted by Crippen LogP contribution is 2.36. The number of aryl methyl sites for hydroxylation is 1. The Morgan fingerprint density at radius 2 is 1.55 bits per heavy atom. The molecule has 0 aliphatic carbocycles. The quantitative estimate of drug-likeness (QED) is 0.220. The van der Waals surface area contributed by atoms with E-state index >= 15 is 0 Å². The van der Waals surface area contributed by atoms with Gasteiger partial charge in [-0.15, -0.1) is 0 Å². The van der Waals surface area contributed by atoms with E-state index in [1.165, 1.54) is 11.1 Å². The summed E-state index contributed by atoms with van der Waals surface area (Å²) in [7, 11) is 2.07. The van der Waals surface area contributed by atoms with Gasteiger partial charge in [0.15, 0.2) is 6.29 Å². The SMILES string of the molecule is Cn1c([C@@H](CCCCOCc2ccccc2)c2ccccc2)c(C=O)c2ccccc21. The molecule has 1 aromatic heterocycles. The first kappa shape index (κ1) is 21.1. The fourth-order valence-corrected chi connectivity index (χ4v) is 4.45. The lowest BCUT2D eigenvalue weighted by molar-refractivity contribution is 0.112. The van der Waals surface area contributed by atoms with Crippen LogP contribution in [0.25, 0.3) is 10.9 Å². The number of para-hydroxylation sites is 1. The Labute approximate surface area is 184 Å². The van der Waals surface area contributed by atoms with Crippen LogP contribution in [0.2, 0.25) is 0 Å².